The number of hydrogen-bond donors (Lipinski definition) is 0. The number of thiazole rings is 1. The molecule has 0 unspecified atom stereocenters. The van der Waals surface area contributed by atoms with Gasteiger partial charge in [-0.1, -0.05) is 35.1 Å². The van der Waals surface area contributed by atoms with Crippen LogP contribution >= 0.6 is 22.9 Å². The van der Waals surface area contributed by atoms with Crippen LogP contribution in [0.2, 0.25) is 5.02 Å². The van der Waals surface area contributed by atoms with E-state index in [2.05, 4.69) is 10.2 Å². The van der Waals surface area contributed by atoms with Crippen molar-refractivity contribution in [1.82, 2.24) is 14.6 Å². The molecule has 0 bridgehead atoms. The molecule has 0 amide bonds. The summed E-state index contributed by atoms with van der Waals surface area (Å²) in [6, 6.07) is 10.7. The fraction of sp³-hybridized carbons (Fsp3) is 0.150. The number of aromatic nitrogens is 3. The molecule has 7 nitrogen and oxygen atoms in total. The molecule has 0 N–H and O–H groups in total. The van der Waals surface area contributed by atoms with Crippen molar-refractivity contribution in [3.05, 3.63) is 61.9 Å². The molecular weight excluding hydrogens is 414 g/mol. The Hall–Kier alpha value is -3.10. The Morgan fingerprint density at radius 3 is 2.24 bits per heavy atom. The van der Waals surface area contributed by atoms with Gasteiger partial charge in [0.05, 0.1) is 25.9 Å². The summed E-state index contributed by atoms with van der Waals surface area (Å²) < 4.78 is 18.2. The van der Waals surface area contributed by atoms with E-state index in [4.69, 9.17) is 25.8 Å². The van der Waals surface area contributed by atoms with Crippen LogP contribution in [0.3, 0.4) is 0 Å². The van der Waals surface area contributed by atoms with Gasteiger partial charge in [0.25, 0.3) is 5.56 Å². The number of rotatable bonds is 5. The summed E-state index contributed by atoms with van der Waals surface area (Å²) in [5.41, 5.74) is 1.30. The minimum atomic E-state index is -0.200. The molecule has 29 heavy (non-hydrogen) atoms. The topological polar surface area (TPSA) is 75.0 Å². The van der Waals surface area contributed by atoms with E-state index in [-0.39, 0.29) is 5.56 Å². The number of halogens is 1. The molecule has 0 aliphatic heterocycles. The van der Waals surface area contributed by atoms with Crippen LogP contribution < -0.4 is 24.3 Å². The Labute approximate surface area is 174 Å². The summed E-state index contributed by atoms with van der Waals surface area (Å²) in [5.74, 6) is 1.80. The van der Waals surface area contributed by atoms with Gasteiger partial charge in [-0.25, -0.2) is 4.40 Å². The third kappa shape index (κ3) is 3.41. The van der Waals surface area contributed by atoms with Crippen LogP contribution in [-0.2, 0) is 0 Å². The summed E-state index contributed by atoms with van der Waals surface area (Å²) >= 11 is 7.19. The highest BCUT2D eigenvalue weighted by molar-refractivity contribution is 7.15. The standard InChI is InChI=1S/C20H16ClN3O4S/c1-26-14-9-12(10-15(27-2)17(14)28-3)18-22-23-20-24(18)19(25)16(29-20)8-11-4-6-13(21)7-5-11/h4-10H,1-3H3/b16-8+. The van der Waals surface area contributed by atoms with Crippen LogP contribution in [0.25, 0.3) is 22.4 Å². The molecule has 0 saturated carbocycles. The third-order valence-corrected chi connectivity index (χ3v) is 5.55. The Balaban J connectivity index is 1.90. The van der Waals surface area contributed by atoms with E-state index in [9.17, 15) is 4.79 Å². The average Bonchev–Trinajstić information content (AvgIpc) is 3.29. The molecule has 0 atom stereocenters. The van der Waals surface area contributed by atoms with Gasteiger partial charge in [0.2, 0.25) is 10.7 Å². The molecule has 0 aliphatic carbocycles. The van der Waals surface area contributed by atoms with Gasteiger partial charge >= 0.3 is 0 Å². The first kappa shape index (κ1) is 19.2. The summed E-state index contributed by atoms with van der Waals surface area (Å²) in [7, 11) is 4.59. The third-order valence-electron chi connectivity index (χ3n) is 4.34. The van der Waals surface area contributed by atoms with Crippen molar-refractivity contribution < 1.29 is 14.2 Å². The van der Waals surface area contributed by atoms with E-state index in [0.29, 0.717) is 43.2 Å². The van der Waals surface area contributed by atoms with Crippen LogP contribution in [0.1, 0.15) is 5.56 Å². The smallest absolute Gasteiger partial charge is 0.276 e. The highest BCUT2D eigenvalue weighted by Gasteiger charge is 2.19. The molecule has 148 valence electrons. The Kier molecular flexibility index (Phi) is 5.12. The van der Waals surface area contributed by atoms with E-state index in [1.54, 1.807) is 30.3 Å². The molecule has 4 rings (SSSR count). The molecule has 0 aliphatic rings. The van der Waals surface area contributed by atoms with Gasteiger partial charge in [-0.2, -0.15) is 0 Å². The molecule has 2 aromatic heterocycles. The minimum absolute atomic E-state index is 0.200. The summed E-state index contributed by atoms with van der Waals surface area (Å²) in [5, 5.41) is 8.99. The van der Waals surface area contributed by atoms with Crippen LogP contribution in [0.4, 0.5) is 0 Å². The van der Waals surface area contributed by atoms with Crippen molar-refractivity contribution in [2.24, 2.45) is 0 Å². The number of nitrogens with zero attached hydrogens (tertiary/aromatic N) is 3. The lowest BCUT2D eigenvalue weighted by Crippen LogP contribution is -2.23. The quantitative estimate of drug-likeness (QED) is 0.485. The zero-order chi connectivity index (χ0) is 20.5. The van der Waals surface area contributed by atoms with E-state index in [1.165, 1.54) is 37.1 Å². The van der Waals surface area contributed by atoms with E-state index < -0.39 is 0 Å². The normalized spacial score (nSPS) is 11.8. The zero-order valence-electron chi connectivity index (χ0n) is 15.8. The number of fused-ring (bicyclic) bond motifs is 1. The molecule has 2 heterocycles. The molecular formula is C20H16ClN3O4S. The fourth-order valence-corrected chi connectivity index (χ4v) is 4.01. The van der Waals surface area contributed by atoms with E-state index in [1.807, 2.05) is 12.1 Å². The monoisotopic (exact) mass is 429 g/mol. The average molecular weight is 430 g/mol. The number of benzene rings is 2. The van der Waals surface area contributed by atoms with Crippen molar-refractivity contribution in [1.29, 1.82) is 0 Å². The molecule has 0 radical (unpaired) electrons. The number of methoxy groups -OCH3 is 3. The van der Waals surface area contributed by atoms with Crippen molar-refractivity contribution in [2.75, 3.05) is 21.3 Å². The second-order valence-electron chi connectivity index (χ2n) is 6.02. The minimum Gasteiger partial charge on any atom is -0.493 e. The number of hydrogen-bond acceptors (Lipinski definition) is 7. The van der Waals surface area contributed by atoms with Crippen LogP contribution in [0.5, 0.6) is 17.2 Å². The summed E-state index contributed by atoms with van der Waals surface area (Å²) in [4.78, 5) is 13.5. The first-order valence-corrected chi connectivity index (χ1v) is 9.70. The van der Waals surface area contributed by atoms with Gasteiger partial charge in [0.15, 0.2) is 17.3 Å². The van der Waals surface area contributed by atoms with Crippen LogP contribution in [-0.4, -0.2) is 35.9 Å². The molecule has 0 spiro atoms. The first-order chi connectivity index (χ1) is 14.0. The lowest BCUT2D eigenvalue weighted by molar-refractivity contribution is 0.324. The highest BCUT2D eigenvalue weighted by atomic mass is 35.5. The zero-order valence-corrected chi connectivity index (χ0v) is 17.4. The molecule has 0 saturated heterocycles. The van der Waals surface area contributed by atoms with E-state index >= 15 is 0 Å². The maximum atomic E-state index is 13.0. The molecule has 0 fully saturated rings. The van der Waals surface area contributed by atoms with Crippen molar-refractivity contribution in [3.63, 3.8) is 0 Å². The van der Waals surface area contributed by atoms with Gasteiger partial charge in [0, 0.05) is 10.6 Å². The Morgan fingerprint density at radius 2 is 1.66 bits per heavy atom. The van der Waals surface area contributed by atoms with Crippen LogP contribution in [0, 0.1) is 0 Å². The molecule has 2 aromatic carbocycles. The lowest BCUT2D eigenvalue weighted by Gasteiger charge is -2.13. The Bertz CT molecular complexity index is 1270. The highest BCUT2D eigenvalue weighted by Crippen LogP contribution is 2.40. The largest absolute Gasteiger partial charge is 0.493 e. The summed E-state index contributed by atoms with van der Waals surface area (Å²) in [6.45, 7) is 0. The van der Waals surface area contributed by atoms with Crippen molar-refractivity contribution in [3.8, 4) is 28.6 Å². The van der Waals surface area contributed by atoms with Gasteiger partial charge < -0.3 is 14.2 Å². The van der Waals surface area contributed by atoms with Crippen LogP contribution in [0.15, 0.2) is 41.2 Å². The fourth-order valence-electron chi connectivity index (χ4n) is 2.97. The van der Waals surface area contributed by atoms with Crippen molar-refractivity contribution in [2.45, 2.75) is 0 Å². The van der Waals surface area contributed by atoms with Gasteiger partial charge in [0.1, 0.15) is 0 Å². The van der Waals surface area contributed by atoms with Gasteiger partial charge in [-0.05, 0) is 35.9 Å². The first-order valence-electron chi connectivity index (χ1n) is 8.51. The maximum Gasteiger partial charge on any atom is 0.276 e. The summed E-state index contributed by atoms with van der Waals surface area (Å²) in [6.07, 6.45) is 1.80. The Morgan fingerprint density at radius 1 is 1.00 bits per heavy atom. The second kappa shape index (κ2) is 7.73. The SMILES string of the molecule is COc1cc(-c2nnc3s/c(=C/c4ccc(Cl)cc4)c(=O)n23)cc(OC)c1OC. The van der Waals surface area contributed by atoms with E-state index in [0.717, 1.165) is 5.56 Å². The lowest BCUT2D eigenvalue weighted by atomic mass is 10.1. The van der Waals surface area contributed by atoms with Gasteiger partial charge in [-0.3, -0.25) is 4.79 Å². The number of ether oxygens (including phenoxy) is 3. The predicted molar refractivity (Wildman–Crippen MR) is 112 cm³/mol. The maximum absolute atomic E-state index is 13.0. The second-order valence-corrected chi connectivity index (χ2v) is 7.47. The predicted octanol–water partition coefficient (Wildman–Crippen LogP) is 3.04. The van der Waals surface area contributed by atoms with Gasteiger partial charge in [-0.15, -0.1) is 10.2 Å². The van der Waals surface area contributed by atoms with Crippen molar-refractivity contribution >= 4 is 34.0 Å². The molecule has 4 aromatic rings. The molecule has 9 heteroatoms.